The number of aromatic amines is 2. The molecule has 0 spiro atoms. The van der Waals surface area contributed by atoms with E-state index in [4.69, 9.17) is 15.5 Å². The van der Waals surface area contributed by atoms with E-state index >= 15 is 0 Å². The van der Waals surface area contributed by atoms with E-state index in [1.165, 1.54) is 0 Å². The summed E-state index contributed by atoms with van der Waals surface area (Å²) in [5.74, 6) is 1.72. The van der Waals surface area contributed by atoms with Crippen LogP contribution >= 0.6 is 0 Å². The Labute approximate surface area is 194 Å². The summed E-state index contributed by atoms with van der Waals surface area (Å²) >= 11 is 0. The average molecular weight is 447 g/mol. The van der Waals surface area contributed by atoms with Crippen LogP contribution in [0.3, 0.4) is 0 Å². The number of H-pyrrole nitrogens is 2. The van der Waals surface area contributed by atoms with E-state index in [0.717, 1.165) is 23.0 Å². The summed E-state index contributed by atoms with van der Waals surface area (Å²) in [7, 11) is 0. The molecule has 3 aromatic heterocycles. The van der Waals surface area contributed by atoms with E-state index in [1.807, 2.05) is 30.3 Å². The summed E-state index contributed by atoms with van der Waals surface area (Å²) in [5, 5.41) is 0.670. The molecular weight excluding hydrogens is 426 g/mol. The number of nitrogens with one attached hydrogen (secondary N) is 2. The standard InChI is InChI=1S/C27H21N5O2/c28-24-19-15-17(34-22-11-4-5-14-29-22)12-13-20(19)31-27(33)23(24)26-30-21-10-6-9-18(25(21)32-26)16-7-2-1-3-8-16/h1-7,9-16H,8H2,(H,30,32)(H3,28,31,33). The molecule has 0 aliphatic heterocycles. The highest BCUT2D eigenvalue weighted by molar-refractivity contribution is 5.98. The van der Waals surface area contributed by atoms with E-state index in [9.17, 15) is 4.79 Å². The maximum atomic E-state index is 13.0. The molecule has 0 saturated carbocycles. The van der Waals surface area contributed by atoms with Crippen molar-refractivity contribution in [1.29, 1.82) is 0 Å². The second-order valence-electron chi connectivity index (χ2n) is 8.20. The predicted molar refractivity (Wildman–Crippen MR) is 134 cm³/mol. The first-order chi connectivity index (χ1) is 16.7. The number of benzene rings is 2. The molecule has 5 aromatic rings. The minimum absolute atomic E-state index is 0.239. The molecule has 166 valence electrons. The van der Waals surface area contributed by atoms with Crippen LogP contribution in [0.15, 0.2) is 89.9 Å². The van der Waals surface area contributed by atoms with Crippen molar-refractivity contribution < 1.29 is 4.74 Å². The molecule has 34 heavy (non-hydrogen) atoms. The van der Waals surface area contributed by atoms with E-state index in [2.05, 4.69) is 39.2 Å². The van der Waals surface area contributed by atoms with Crippen LogP contribution in [0.1, 0.15) is 17.9 Å². The summed E-state index contributed by atoms with van der Waals surface area (Å²) in [4.78, 5) is 28.3. The first-order valence-electron chi connectivity index (χ1n) is 11.0. The summed E-state index contributed by atoms with van der Waals surface area (Å²) in [6.07, 6.45) is 11.0. The fourth-order valence-electron chi connectivity index (χ4n) is 4.41. The molecule has 3 heterocycles. The van der Waals surface area contributed by atoms with Crippen molar-refractivity contribution in [2.24, 2.45) is 0 Å². The quantitative estimate of drug-likeness (QED) is 0.340. The number of aromatic nitrogens is 4. The first kappa shape index (κ1) is 20.0. The van der Waals surface area contributed by atoms with Gasteiger partial charge in [-0.05, 0) is 42.3 Å². The third-order valence-corrected chi connectivity index (χ3v) is 6.05. The van der Waals surface area contributed by atoms with Crippen LogP contribution in [0, 0.1) is 0 Å². The number of pyridine rings is 2. The van der Waals surface area contributed by atoms with E-state index in [1.54, 1.807) is 30.5 Å². The zero-order chi connectivity index (χ0) is 23.1. The van der Waals surface area contributed by atoms with E-state index in [0.29, 0.717) is 39.6 Å². The second kappa shape index (κ2) is 8.04. The van der Waals surface area contributed by atoms with Crippen LogP contribution in [0.4, 0.5) is 5.69 Å². The van der Waals surface area contributed by atoms with Crippen molar-refractivity contribution in [2.45, 2.75) is 12.3 Å². The highest BCUT2D eigenvalue weighted by Gasteiger charge is 2.19. The molecule has 1 aliphatic carbocycles. The molecule has 0 amide bonds. The summed E-state index contributed by atoms with van der Waals surface area (Å²) in [6, 6.07) is 16.8. The lowest BCUT2D eigenvalue weighted by Crippen LogP contribution is -2.13. The van der Waals surface area contributed by atoms with E-state index < -0.39 is 0 Å². The monoisotopic (exact) mass is 447 g/mol. The molecule has 1 aliphatic rings. The van der Waals surface area contributed by atoms with Gasteiger partial charge in [-0.25, -0.2) is 9.97 Å². The third-order valence-electron chi connectivity index (χ3n) is 6.05. The lowest BCUT2D eigenvalue weighted by atomic mass is 9.92. The van der Waals surface area contributed by atoms with Crippen LogP contribution < -0.4 is 16.0 Å². The van der Waals surface area contributed by atoms with Crippen LogP contribution in [-0.2, 0) is 0 Å². The van der Waals surface area contributed by atoms with Crippen LogP contribution in [0.5, 0.6) is 11.6 Å². The highest BCUT2D eigenvalue weighted by atomic mass is 16.5. The molecule has 2 aromatic carbocycles. The predicted octanol–water partition coefficient (Wildman–Crippen LogP) is 5.44. The van der Waals surface area contributed by atoms with E-state index in [-0.39, 0.29) is 11.5 Å². The van der Waals surface area contributed by atoms with Gasteiger partial charge in [0, 0.05) is 23.6 Å². The number of ether oxygens (including phenoxy) is 1. The Balaban J connectivity index is 1.47. The normalized spacial score (nSPS) is 15.2. The molecular formula is C27H21N5O2. The van der Waals surface area contributed by atoms with Gasteiger partial charge < -0.3 is 20.4 Å². The summed E-state index contributed by atoms with van der Waals surface area (Å²) in [5.41, 5.74) is 10.3. The van der Waals surface area contributed by atoms with Crippen molar-refractivity contribution in [3.63, 3.8) is 0 Å². The van der Waals surface area contributed by atoms with Gasteiger partial charge >= 0.3 is 0 Å². The molecule has 0 radical (unpaired) electrons. The zero-order valence-corrected chi connectivity index (χ0v) is 18.2. The van der Waals surface area contributed by atoms with Crippen LogP contribution in [-0.4, -0.2) is 19.9 Å². The highest BCUT2D eigenvalue weighted by Crippen LogP contribution is 2.34. The number of anilines is 1. The fourth-order valence-corrected chi connectivity index (χ4v) is 4.41. The Morgan fingerprint density at radius 2 is 1.94 bits per heavy atom. The van der Waals surface area contributed by atoms with Crippen molar-refractivity contribution in [3.05, 3.63) is 101 Å². The number of hydrogen-bond donors (Lipinski definition) is 3. The molecule has 6 rings (SSSR count). The summed E-state index contributed by atoms with van der Waals surface area (Å²) in [6.45, 7) is 0. The van der Waals surface area contributed by atoms with Gasteiger partial charge in [-0.15, -0.1) is 0 Å². The number of para-hydroxylation sites is 1. The molecule has 7 heteroatoms. The van der Waals surface area contributed by atoms with Crippen LogP contribution in [0.2, 0.25) is 0 Å². The number of hydrogen-bond acceptors (Lipinski definition) is 5. The molecule has 1 atom stereocenters. The summed E-state index contributed by atoms with van der Waals surface area (Å²) < 4.78 is 5.85. The second-order valence-corrected chi connectivity index (χ2v) is 8.20. The fraction of sp³-hybridized carbons (Fsp3) is 0.0741. The van der Waals surface area contributed by atoms with Crippen molar-refractivity contribution in [2.75, 3.05) is 5.73 Å². The Hall–Kier alpha value is -4.65. The Morgan fingerprint density at radius 1 is 1.00 bits per heavy atom. The Morgan fingerprint density at radius 3 is 2.76 bits per heavy atom. The van der Waals surface area contributed by atoms with Gasteiger partial charge in [0.25, 0.3) is 5.56 Å². The number of nitrogens with two attached hydrogens (primary N) is 1. The van der Waals surface area contributed by atoms with Gasteiger partial charge in [-0.1, -0.05) is 42.5 Å². The molecule has 0 bridgehead atoms. The molecule has 1 unspecified atom stereocenters. The number of rotatable bonds is 4. The SMILES string of the molecule is Nc1c(-c2nc3c(C4C=CC=CC4)cccc3[nH]2)c(=O)[nH]c2ccc(Oc3ccccn3)cc12. The van der Waals surface area contributed by atoms with Gasteiger partial charge in [0.05, 0.1) is 22.2 Å². The number of imidazole rings is 1. The Kier molecular flexibility index (Phi) is 4.73. The number of nitrogens with zero attached hydrogens (tertiary/aromatic N) is 2. The molecule has 0 saturated heterocycles. The number of allylic oxidation sites excluding steroid dienone is 4. The largest absolute Gasteiger partial charge is 0.439 e. The van der Waals surface area contributed by atoms with Gasteiger partial charge in [0.1, 0.15) is 17.1 Å². The van der Waals surface area contributed by atoms with Crippen molar-refractivity contribution in [3.8, 4) is 23.0 Å². The maximum absolute atomic E-state index is 13.0. The minimum Gasteiger partial charge on any atom is -0.439 e. The lowest BCUT2D eigenvalue weighted by Gasteiger charge is -2.13. The zero-order valence-electron chi connectivity index (χ0n) is 18.2. The topological polar surface area (TPSA) is 110 Å². The Bertz CT molecular complexity index is 1650. The number of fused-ring (bicyclic) bond motifs is 2. The molecule has 4 N–H and O–H groups in total. The maximum Gasteiger partial charge on any atom is 0.261 e. The van der Waals surface area contributed by atoms with Crippen LogP contribution in [0.25, 0.3) is 33.3 Å². The van der Waals surface area contributed by atoms with Gasteiger partial charge in [0.2, 0.25) is 5.88 Å². The van der Waals surface area contributed by atoms with Crippen molar-refractivity contribution >= 4 is 27.6 Å². The molecule has 7 nitrogen and oxygen atoms in total. The molecule has 0 fully saturated rings. The van der Waals surface area contributed by atoms with Gasteiger partial charge in [0.15, 0.2) is 0 Å². The average Bonchev–Trinajstić information content (AvgIpc) is 3.29. The third kappa shape index (κ3) is 3.44. The first-order valence-corrected chi connectivity index (χ1v) is 11.0. The number of nitrogen functional groups attached to an aromatic ring is 1. The van der Waals surface area contributed by atoms with Gasteiger partial charge in [-0.3, -0.25) is 4.79 Å². The van der Waals surface area contributed by atoms with Crippen molar-refractivity contribution in [1.82, 2.24) is 19.9 Å². The minimum atomic E-state index is -0.301. The van der Waals surface area contributed by atoms with Gasteiger partial charge in [-0.2, -0.15) is 0 Å². The smallest absolute Gasteiger partial charge is 0.261 e. The lowest BCUT2D eigenvalue weighted by molar-refractivity contribution is 0.463.